The highest BCUT2D eigenvalue weighted by Crippen LogP contribution is 2.57. The maximum Gasteiger partial charge on any atom is 0.332 e. The quantitative estimate of drug-likeness (QED) is 0.0162. The van der Waals surface area contributed by atoms with Gasteiger partial charge < -0.3 is 31.2 Å². The Balaban J connectivity index is 0.726. The first-order valence-corrected chi connectivity index (χ1v) is 32.1. The molecular formula is C60H81N10O12S2+. The number of benzene rings is 2. The van der Waals surface area contributed by atoms with Gasteiger partial charge in [-0.15, -0.1) is 0 Å². The molecule has 2 aromatic carbocycles. The number of aromatic nitrogens is 4. The molecule has 2 bridgehead atoms. The van der Waals surface area contributed by atoms with E-state index in [-0.39, 0.29) is 95.5 Å². The SMILES string of the molecule is CCCn1c(=O)c2[nH]c(C34CCC(C(=O)NCCNC(=O)CCNC(=O)CCNC(=O)CCCCCN5/C(=C/C=C/C=C/C6=[N+](C)c7ccc(S(=O)(=O)O)cc7C6(C)C)C(C)(C)c6cc(S(=O)(=O)O)ccc65)(CC3)CC4)nc2n(CCC)c1=O. The fourth-order valence-electron chi connectivity index (χ4n) is 12.7. The average Bonchev–Trinajstić information content (AvgIpc) is 2.26. The number of amides is 4. The average molecular weight is 1200 g/mol. The lowest BCUT2D eigenvalue weighted by molar-refractivity contribution is -0.401. The molecule has 3 aliphatic carbocycles. The van der Waals surface area contributed by atoms with Crippen molar-refractivity contribution >= 4 is 72.1 Å². The van der Waals surface area contributed by atoms with Gasteiger partial charge in [-0.25, -0.2) is 9.78 Å². The van der Waals surface area contributed by atoms with Crippen LogP contribution in [0.3, 0.4) is 0 Å². The van der Waals surface area contributed by atoms with Crippen molar-refractivity contribution in [2.24, 2.45) is 5.41 Å². The van der Waals surface area contributed by atoms with Crippen molar-refractivity contribution in [3.63, 3.8) is 0 Å². The Bertz CT molecular complexity index is 3690. The second-order valence-corrected chi connectivity index (χ2v) is 26.6. The fraction of sp³-hybridized carbons (Fsp3) is 0.533. The van der Waals surface area contributed by atoms with Crippen molar-refractivity contribution in [1.82, 2.24) is 40.4 Å². The molecule has 4 aromatic rings. The molecule has 2 aliphatic heterocycles. The molecule has 454 valence electrons. The van der Waals surface area contributed by atoms with Crippen LogP contribution in [0.1, 0.15) is 148 Å². The molecule has 7 N–H and O–H groups in total. The van der Waals surface area contributed by atoms with Crippen molar-refractivity contribution in [2.75, 3.05) is 44.7 Å². The van der Waals surface area contributed by atoms with Gasteiger partial charge in [0.15, 0.2) is 11.4 Å². The van der Waals surface area contributed by atoms with Crippen molar-refractivity contribution < 1.29 is 49.7 Å². The van der Waals surface area contributed by atoms with Crippen molar-refractivity contribution in [3.05, 3.63) is 110 Å². The summed E-state index contributed by atoms with van der Waals surface area (Å²) in [4.78, 5) is 88.1. The van der Waals surface area contributed by atoms with Gasteiger partial charge in [-0.3, -0.25) is 42.2 Å². The van der Waals surface area contributed by atoms with E-state index in [4.69, 9.17) is 4.98 Å². The highest BCUT2D eigenvalue weighted by atomic mass is 32.2. The second kappa shape index (κ2) is 25.3. The van der Waals surface area contributed by atoms with Gasteiger partial charge in [-0.2, -0.15) is 21.4 Å². The van der Waals surface area contributed by atoms with Crippen LogP contribution in [0.5, 0.6) is 0 Å². The molecule has 84 heavy (non-hydrogen) atoms. The number of rotatable bonds is 26. The molecule has 3 saturated carbocycles. The van der Waals surface area contributed by atoms with Gasteiger partial charge in [0, 0.05) is 110 Å². The largest absolute Gasteiger partial charge is 0.356 e. The van der Waals surface area contributed by atoms with Crippen molar-refractivity contribution in [2.45, 2.75) is 171 Å². The van der Waals surface area contributed by atoms with E-state index in [1.807, 2.05) is 83.5 Å². The zero-order valence-corrected chi connectivity index (χ0v) is 50.9. The number of unbranched alkanes of at least 4 members (excludes halogenated alkanes) is 2. The zero-order valence-electron chi connectivity index (χ0n) is 49.2. The van der Waals surface area contributed by atoms with Gasteiger partial charge in [0.1, 0.15) is 18.4 Å². The van der Waals surface area contributed by atoms with Crippen LogP contribution in [0, 0.1) is 5.41 Å². The third-order valence-corrected chi connectivity index (χ3v) is 19.2. The summed E-state index contributed by atoms with van der Waals surface area (Å²) in [5, 5.41) is 11.3. The Kier molecular flexibility index (Phi) is 19.0. The molecule has 0 radical (unpaired) electrons. The van der Waals surface area contributed by atoms with E-state index in [9.17, 15) is 54.7 Å². The minimum atomic E-state index is -4.46. The van der Waals surface area contributed by atoms with Crippen LogP contribution in [-0.4, -0.2) is 119 Å². The Morgan fingerprint density at radius 2 is 1.25 bits per heavy atom. The van der Waals surface area contributed by atoms with Crippen LogP contribution in [0.15, 0.2) is 91.9 Å². The lowest BCUT2D eigenvalue weighted by Gasteiger charge is -2.51. The molecule has 24 heteroatoms. The van der Waals surface area contributed by atoms with Crippen molar-refractivity contribution in [1.29, 1.82) is 0 Å². The number of hydrogen-bond donors (Lipinski definition) is 7. The normalized spacial score (nSPS) is 20.3. The highest BCUT2D eigenvalue weighted by molar-refractivity contribution is 7.86. The minimum absolute atomic E-state index is 0.0356. The summed E-state index contributed by atoms with van der Waals surface area (Å²) in [5.74, 6) is -0.119. The van der Waals surface area contributed by atoms with E-state index in [1.54, 1.807) is 16.7 Å². The molecule has 0 saturated heterocycles. The van der Waals surface area contributed by atoms with Crippen LogP contribution in [0.4, 0.5) is 11.4 Å². The summed E-state index contributed by atoms with van der Waals surface area (Å²) in [5.41, 5.74) is 2.92. The molecule has 4 amide bonds. The number of H-pyrrole nitrogens is 1. The van der Waals surface area contributed by atoms with Gasteiger partial charge >= 0.3 is 5.69 Å². The molecule has 0 spiro atoms. The molecule has 0 atom stereocenters. The van der Waals surface area contributed by atoms with E-state index in [0.29, 0.717) is 81.6 Å². The van der Waals surface area contributed by atoms with Crippen LogP contribution >= 0.6 is 0 Å². The first-order chi connectivity index (χ1) is 39.7. The summed E-state index contributed by atoms with van der Waals surface area (Å²) >= 11 is 0. The van der Waals surface area contributed by atoms with Gasteiger partial charge in [-0.1, -0.05) is 52.3 Å². The first-order valence-electron chi connectivity index (χ1n) is 29.2. The lowest BCUT2D eigenvalue weighted by atomic mass is 9.53. The lowest BCUT2D eigenvalue weighted by Crippen LogP contribution is -2.52. The van der Waals surface area contributed by atoms with Crippen LogP contribution in [-0.2, 0) is 68.7 Å². The number of aromatic amines is 1. The standard InChI is InChI=1S/C60H80N10O12S2/c1-8-35-69-52-51(53(74)70(36-9-2)56(69)76)65-54(66-52)59-25-28-60(29-26-59,30-27-59)55(75)64-34-33-63-50(73)24-32-62-49(72)23-31-61-48(71)18-14-11-15-37-68-45-22-20-41(84(80,81)82)39-43(45)58(5,6)47(68)17-13-10-12-16-46-57(3,4)42-38-40(83(77,78)79)19-21-44(42)67(46)7/h10,12-13,16-17,19-22,38-39H,8-9,11,14-15,18,23-37H2,1-7H3,(H6-,61,62,63,64,65,66,71,72,73,74,75,77,78,79,80,81,82)/p+1. The van der Waals surface area contributed by atoms with Gasteiger partial charge in [0.25, 0.3) is 25.8 Å². The summed E-state index contributed by atoms with van der Waals surface area (Å²) in [6, 6.07) is 9.13. The van der Waals surface area contributed by atoms with E-state index in [2.05, 4.69) is 31.2 Å². The van der Waals surface area contributed by atoms with Crippen LogP contribution in [0.2, 0.25) is 0 Å². The van der Waals surface area contributed by atoms with Gasteiger partial charge in [-0.05, 0) is 120 Å². The molecule has 4 heterocycles. The number of anilines is 1. The third-order valence-electron chi connectivity index (χ3n) is 17.5. The molecule has 5 aliphatic rings. The highest BCUT2D eigenvalue weighted by Gasteiger charge is 2.54. The Labute approximate surface area is 490 Å². The molecular weight excluding hydrogens is 1120 g/mol. The molecule has 2 aromatic heterocycles. The van der Waals surface area contributed by atoms with E-state index in [0.717, 1.165) is 59.6 Å². The topological polar surface area (TPSA) is 304 Å². The Morgan fingerprint density at radius 1 is 0.679 bits per heavy atom. The third kappa shape index (κ3) is 13.1. The van der Waals surface area contributed by atoms with Gasteiger partial charge in [0.05, 0.1) is 15.2 Å². The number of hydrogen-bond acceptors (Lipinski definition) is 12. The van der Waals surface area contributed by atoms with Gasteiger partial charge in [0.2, 0.25) is 29.3 Å². The maximum absolute atomic E-state index is 13.6. The Hall–Kier alpha value is -7.02. The minimum Gasteiger partial charge on any atom is -0.356 e. The number of carbonyl (C=O) groups is 4. The van der Waals surface area contributed by atoms with Crippen LogP contribution in [0.25, 0.3) is 11.2 Å². The predicted molar refractivity (Wildman–Crippen MR) is 320 cm³/mol. The number of aryl methyl sites for hydroxylation is 1. The molecule has 3 fully saturated rings. The molecule has 0 unspecified atom stereocenters. The smallest absolute Gasteiger partial charge is 0.332 e. The summed E-state index contributed by atoms with van der Waals surface area (Å²) in [6.07, 6.45) is 17.4. The second-order valence-electron chi connectivity index (χ2n) is 23.8. The number of imidazole rings is 1. The number of nitrogens with zero attached hydrogens (tertiary/aromatic N) is 5. The van der Waals surface area contributed by atoms with E-state index >= 15 is 0 Å². The zero-order chi connectivity index (χ0) is 61.0. The van der Waals surface area contributed by atoms with E-state index < -0.39 is 36.5 Å². The number of allylic oxidation sites excluding steroid dienone is 6. The van der Waals surface area contributed by atoms with Crippen LogP contribution < -0.4 is 37.4 Å². The first kappa shape index (κ1) is 63.0. The maximum atomic E-state index is 13.6. The van der Waals surface area contributed by atoms with E-state index in [1.165, 1.54) is 28.8 Å². The number of fused-ring (bicyclic) bond motifs is 6. The summed E-state index contributed by atoms with van der Waals surface area (Å²) < 4.78 is 72.6. The molecule has 9 rings (SSSR count). The number of nitrogens with one attached hydrogen (secondary N) is 5. The Morgan fingerprint density at radius 3 is 1.87 bits per heavy atom. The predicted octanol–water partition coefficient (Wildman–Crippen LogP) is 6.10. The molecule has 22 nitrogen and oxygen atoms in total. The number of carbonyl (C=O) groups excluding carboxylic acids is 4. The van der Waals surface area contributed by atoms with Crippen molar-refractivity contribution in [3.8, 4) is 0 Å². The monoisotopic (exact) mass is 1200 g/mol. The summed E-state index contributed by atoms with van der Waals surface area (Å²) in [7, 11) is -6.95. The fourth-order valence-corrected chi connectivity index (χ4v) is 13.7. The summed E-state index contributed by atoms with van der Waals surface area (Å²) in [6.45, 7) is 13.9.